The van der Waals surface area contributed by atoms with Gasteiger partial charge in [0.25, 0.3) is 0 Å². The van der Waals surface area contributed by atoms with Crippen LogP contribution in [-0.2, 0) is 0 Å². The zero-order valence-electron chi connectivity index (χ0n) is 14.6. The Balaban J connectivity index is 1.66. The van der Waals surface area contributed by atoms with Gasteiger partial charge in [0.2, 0.25) is 5.89 Å². The van der Waals surface area contributed by atoms with Crippen molar-refractivity contribution in [3.63, 3.8) is 0 Å². The van der Waals surface area contributed by atoms with Crippen molar-refractivity contribution >= 4 is 23.0 Å². The Morgan fingerprint density at radius 2 is 1.69 bits per heavy atom. The first-order valence-corrected chi connectivity index (χ1v) is 8.40. The molecule has 0 atom stereocenters. The van der Waals surface area contributed by atoms with Crippen molar-refractivity contribution in [2.75, 3.05) is 0 Å². The molecule has 0 aliphatic carbocycles. The molecule has 3 aromatic carbocycles. The third-order valence-electron chi connectivity index (χ3n) is 4.21. The number of hydrogen-bond acceptors (Lipinski definition) is 4. The van der Waals surface area contributed by atoms with Crippen LogP contribution in [0.5, 0.6) is 5.75 Å². The van der Waals surface area contributed by atoms with Crippen LogP contribution in [0.15, 0.2) is 70.1 Å². The smallest absolute Gasteiger partial charge is 0.227 e. The predicted octanol–water partition coefficient (Wildman–Crippen LogP) is 5.57. The standard InChI is InChI=1S/C22H18N2O2/c1-14-3-6-16(7-4-14)22-24-19-12-18(8-10-21(19)26-22)23-13-17-11-15(2)5-9-20(17)25/h3-13,25H,1-2H3. The number of benzene rings is 3. The van der Waals surface area contributed by atoms with Crippen molar-refractivity contribution in [1.29, 1.82) is 0 Å². The highest BCUT2D eigenvalue weighted by atomic mass is 16.3. The molecule has 0 aliphatic rings. The fourth-order valence-electron chi connectivity index (χ4n) is 2.74. The third kappa shape index (κ3) is 3.22. The Morgan fingerprint density at radius 3 is 2.50 bits per heavy atom. The van der Waals surface area contributed by atoms with Gasteiger partial charge < -0.3 is 9.52 Å². The van der Waals surface area contributed by atoms with Gasteiger partial charge in [0.05, 0.1) is 5.69 Å². The maximum absolute atomic E-state index is 9.92. The van der Waals surface area contributed by atoms with Crippen molar-refractivity contribution in [1.82, 2.24) is 4.98 Å². The van der Waals surface area contributed by atoms with E-state index < -0.39 is 0 Å². The largest absolute Gasteiger partial charge is 0.507 e. The molecule has 26 heavy (non-hydrogen) atoms. The summed E-state index contributed by atoms with van der Waals surface area (Å²) in [5.74, 6) is 0.806. The number of nitrogens with zero attached hydrogens (tertiary/aromatic N) is 2. The van der Waals surface area contributed by atoms with E-state index >= 15 is 0 Å². The SMILES string of the molecule is Cc1ccc(-c2nc3cc(N=Cc4cc(C)ccc4O)ccc3o2)cc1. The normalized spacial score (nSPS) is 11.5. The first-order valence-electron chi connectivity index (χ1n) is 8.40. The van der Waals surface area contributed by atoms with Gasteiger partial charge in [-0.1, -0.05) is 29.3 Å². The number of aliphatic imine (C=N–C) groups is 1. The summed E-state index contributed by atoms with van der Waals surface area (Å²) in [6, 6.07) is 19.1. The highest BCUT2D eigenvalue weighted by molar-refractivity contribution is 5.87. The Bertz CT molecular complexity index is 1110. The van der Waals surface area contributed by atoms with Crippen molar-refractivity contribution < 1.29 is 9.52 Å². The van der Waals surface area contributed by atoms with Crippen LogP contribution in [0, 0.1) is 13.8 Å². The van der Waals surface area contributed by atoms with Crippen molar-refractivity contribution in [3.8, 4) is 17.2 Å². The first-order chi connectivity index (χ1) is 12.6. The van der Waals surface area contributed by atoms with E-state index in [1.165, 1.54) is 5.56 Å². The van der Waals surface area contributed by atoms with E-state index in [0.717, 1.165) is 27.9 Å². The summed E-state index contributed by atoms with van der Waals surface area (Å²) in [6.45, 7) is 4.02. The molecule has 4 rings (SSSR count). The van der Waals surface area contributed by atoms with E-state index in [4.69, 9.17) is 4.42 Å². The number of aryl methyl sites for hydroxylation is 2. The molecular formula is C22H18N2O2. The van der Waals surface area contributed by atoms with Gasteiger partial charge in [-0.3, -0.25) is 4.99 Å². The van der Waals surface area contributed by atoms with Gasteiger partial charge >= 0.3 is 0 Å². The number of fused-ring (bicyclic) bond motifs is 1. The van der Waals surface area contributed by atoms with Crippen molar-refractivity contribution in [3.05, 3.63) is 77.4 Å². The molecular weight excluding hydrogens is 324 g/mol. The Morgan fingerprint density at radius 1 is 0.923 bits per heavy atom. The monoisotopic (exact) mass is 342 g/mol. The van der Waals surface area contributed by atoms with Gasteiger partial charge in [-0.25, -0.2) is 4.98 Å². The number of rotatable bonds is 3. The minimum absolute atomic E-state index is 0.212. The molecule has 0 radical (unpaired) electrons. The molecule has 128 valence electrons. The van der Waals surface area contributed by atoms with Crippen molar-refractivity contribution in [2.24, 2.45) is 4.99 Å². The number of aromatic nitrogens is 1. The van der Waals surface area contributed by atoms with Crippen LogP contribution < -0.4 is 0 Å². The van der Waals surface area contributed by atoms with Crippen LogP contribution in [-0.4, -0.2) is 16.3 Å². The molecule has 0 saturated heterocycles. The minimum Gasteiger partial charge on any atom is -0.507 e. The molecule has 0 spiro atoms. The Kier molecular flexibility index (Phi) is 4.01. The number of hydrogen-bond donors (Lipinski definition) is 1. The molecule has 0 fully saturated rings. The van der Waals surface area contributed by atoms with Crippen molar-refractivity contribution in [2.45, 2.75) is 13.8 Å². The van der Waals surface area contributed by atoms with Crippen LogP contribution >= 0.6 is 0 Å². The molecule has 1 N–H and O–H groups in total. The maximum Gasteiger partial charge on any atom is 0.227 e. The second-order valence-electron chi connectivity index (χ2n) is 6.36. The number of aromatic hydroxyl groups is 1. The summed E-state index contributed by atoms with van der Waals surface area (Å²) in [6.07, 6.45) is 1.66. The Labute approximate surface area is 151 Å². The highest BCUT2D eigenvalue weighted by Gasteiger charge is 2.08. The summed E-state index contributed by atoms with van der Waals surface area (Å²) >= 11 is 0. The minimum atomic E-state index is 0.212. The molecule has 1 aromatic heterocycles. The summed E-state index contributed by atoms with van der Waals surface area (Å²) in [5, 5.41) is 9.92. The summed E-state index contributed by atoms with van der Waals surface area (Å²) in [7, 11) is 0. The van der Waals surface area contributed by atoms with Gasteiger partial charge in [0.15, 0.2) is 5.58 Å². The quantitative estimate of drug-likeness (QED) is 0.495. The molecule has 4 heteroatoms. The van der Waals surface area contributed by atoms with E-state index in [1.807, 2.05) is 68.4 Å². The van der Waals surface area contributed by atoms with E-state index in [-0.39, 0.29) is 5.75 Å². The number of oxazole rings is 1. The lowest BCUT2D eigenvalue weighted by atomic mass is 10.1. The van der Waals surface area contributed by atoms with Gasteiger partial charge in [0.1, 0.15) is 11.3 Å². The van der Waals surface area contributed by atoms with E-state index in [2.05, 4.69) is 9.98 Å². The molecule has 1 heterocycles. The zero-order valence-corrected chi connectivity index (χ0v) is 14.6. The number of phenolic OH excluding ortho intramolecular Hbond substituents is 1. The molecule has 0 unspecified atom stereocenters. The van der Waals surface area contributed by atoms with Gasteiger partial charge in [-0.2, -0.15) is 0 Å². The summed E-state index contributed by atoms with van der Waals surface area (Å²) in [4.78, 5) is 9.03. The maximum atomic E-state index is 9.92. The van der Waals surface area contributed by atoms with Gasteiger partial charge in [-0.15, -0.1) is 0 Å². The third-order valence-corrected chi connectivity index (χ3v) is 4.21. The highest BCUT2D eigenvalue weighted by Crippen LogP contribution is 2.27. The summed E-state index contributed by atoms with van der Waals surface area (Å²) < 4.78 is 5.84. The molecule has 4 aromatic rings. The fourth-order valence-corrected chi connectivity index (χ4v) is 2.74. The van der Waals surface area contributed by atoms with Gasteiger partial charge in [0, 0.05) is 17.3 Å². The van der Waals surface area contributed by atoms with E-state index in [9.17, 15) is 5.11 Å². The second-order valence-corrected chi connectivity index (χ2v) is 6.36. The molecule has 4 nitrogen and oxygen atoms in total. The van der Waals surface area contributed by atoms with E-state index in [1.54, 1.807) is 12.3 Å². The summed E-state index contributed by atoms with van der Waals surface area (Å²) in [5.41, 5.74) is 6.12. The van der Waals surface area contributed by atoms with Crippen LogP contribution in [0.25, 0.3) is 22.6 Å². The molecule has 0 aliphatic heterocycles. The fraction of sp³-hybridized carbons (Fsp3) is 0.0909. The lowest BCUT2D eigenvalue weighted by molar-refractivity contribution is 0.474. The lowest BCUT2D eigenvalue weighted by Gasteiger charge is -2.00. The lowest BCUT2D eigenvalue weighted by Crippen LogP contribution is -1.83. The van der Waals surface area contributed by atoms with Crippen LogP contribution in [0.2, 0.25) is 0 Å². The van der Waals surface area contributed by atoms with Crippen LogP contribution in [0.4, 0.5) is 5.69 Å². The number of phenols is 1. The molecule has 0 saturated carbocycles. The second kappa shape index (κ2) is 6.48. The van der Waals surface area contributed by atoms with Gasteiger partial charge in [-0.05, 0) is 56.3 Å². The average molecular weight is 342 g/mol. The molecule has 0 bridgehead atoms. The molecule has 0 amide bonds. The topological polar surface area (TPSA) is 58.6 Å². The van der Waals surface area contributed by atoms with Crippen LogP contribution in [0.3, 0.4) is 0 Å². The van der Waals surface area contributed by atoms with Crippen LogP contribution in [0.1, 0.15) is 16.7 Å². The zero-order chi connectivity index (χ0) is 18.1. The Hall–Kier alpha value is -3.40. The van der Waals surface area contributed by atoms with E-state index in [0.29, 0.717) is 11.5 Å². The first kappa shape index (κ1) is 16.1. The average Bonchev–Trinajstić information content (AvgIpc) is 3.06. The predicted molar refractivity (Wildman–Crippen MR) is 104 cm³/mol.